The first-order chi connectivity index (χ1) is 12.0. The van der Waals surface area contributed by atoms with Crippen molar-refractivity contribution in [2.24, 2.45) is 7.05 Å². The van der Waals surface area contributed by atoms with E-state index in [1.54, 1.807) is 32.0 Å². The molecule has 1 amide bonds. The Kier molecular flexibility index (Phi) is 6.47. The van der Waals surface area contributed by atoms with E-state index in [-0.39, 0.29) is 5.91 Å². The lowest BCUT2D eigenvalue weighted by atomic mass is 10.1. The van der Waals surface area contributed by atoms with E-state index < -0.39 is 0 Å². The zero-order chi connectivity index (χ0) is 18.4. The lowest BCUT2D eigenvalue weighted by Crippen LogP contribution is -2.23. The van der Waals surface area contributed by atoms with Crippen molar-refractivity contribution in [2.45, 2.75) is 13.3 Å². The third-order valence-electron chi connectivity index (χ3n) is 3.78. The van der Waals surface area contributed by atoms with Crippen molar-refractivity contribution in [3.63, 3.8) is 0 Å². The molecule has 0 saturated carbocycles. The molecule has 0 aliphatic rings. The van der Waals surface area contributed by atoms with E-state index in [1.165, 1.54) is 6.08 Å². The third kappa shape index (κ3) is 4.76. The minimum Gasteiger partial charge on any atom is -0.497 e. The number of hydrogen-bond acceptors (Lipinski definition) is 4. The van der Waals surface area contributed by atoms with Crippen molar-refractivity contribution < 1.29 is 14.3 Å². The molecule has 0 unspecified atom stereocenters. The van der Waals surface area contributed by atoms with Crippen molar-refractivity contribution in [1.82, 2.24) is 15.1 Å². The predicted molar refractivity (Wildman–Crippen MR) is 98.2 cm³/mol. The number of aryl methyl sites for hydroxylation is 2. The van der Waals surface area contributed by atoms with Crippen LogP contribution in [0, 0.1) is 6.92 Å². The number of halogens is 1. The summed E-state index contributed by atoms with van der Waals surface area (Å²) in [5.74, 6) is 1.33. The van der Waals surface area contributed by atoms with Crippen molar-refractivity contribution in [1.29, 1.82) is 0 Å². The van der Waals surface area contributed by atoms with Crippen LogP contribution in [0.4, 0.5) is 0 Å². The van der Waals surface area contributed by atoms with Gasteiger partial charge >= 0.3 is 0 Å². The highest BCUT2D eigenvalue weighted by atomic mass is 35.5. The molecular weight excluding hydrogens is 342 g/mol. The van der Waals surface area contributed by atoms with Gasteiger partial charge in [0.2, 0.25) is 5.91 Å². The van der Waals surface area contributed by atoms with Crippen molar-refractivity contribution in [2.75, 3.05) is 20.8 Å². The second-order valence-electron chi connectivity index (χ2n) is 5.47. The van der Waals surface area contributed by atoms with Crippen LogP contribution in [0.15, 0.2) is 24.3 Å². The molecule has 0 spiro atoms. The van der Waals surface area contributed by atoms with E-state index in [0.29, 0.717) is 18.1 Å². The third-order valence-corrected chi connectivity index (χ3v) is 4.23. The number of carbonyl (C=O) groups excluding carboxylic acids is 1. The number of carbonyl (C=O) groups is 1. The van der Waals surface area contributed by atoms with Crippen LogP contribution in [0.1, 0.15) is 16.8 Å². The highest BCUT2D eigenvalue weighted by Crippen LogP contribution is 2.24. The Hall–Kier alpha value is -2.47. The number of hydrogen-bond donors (Lipinski definition) is 1. The summed E-state index contributed by atoms with van der Waals surface area (Å²) in [7, 11) is 4.99. The molecule has 1 N–H and O–H groups in total. The molecule has 6 nitrogen and oxygen atoms in total. The van der Waals surface area contributed by atoms with Gasteiger partial charge in [-0.1, -0.05) is 11.6 Å². The van der Waals surface area contributed by atoms with Gasteiger partial charge in [0.15, 0.2) is 0 Å². The minimum atomic E-state index is -0.193. The average molecular weight is 364 g/mol. The Morgan fingerprint density at radius 3 is 2.72 bits per heavy atom. The van der Waals surface area contributed by atoms with Crippen molar-refractivity contribution >= 4 is 23.6 Å². The molecule has 2 rings (SSSR count). The van der Waals surface area contributed by atoms with Crippen LogP contribution < -0.4 is 14.8 Å². The zero-order valence-corrected chi connectivity index (χ0v) is 15.6. The van der Waals surface area contributed by atoms with Gasteiger partial charge in [0.25, 0.3) is 0 Å². The van der Waals surface area contributed by atoms with Gasteiger partial charge in [-0.25, -0.2) is 0 Å². The molecule has 0 bridgehead atoms. The van der Waals surface area contributed by atoms with Gasteiger partial charge in [-0.15, -0.1) is 0 Å². The molecule has 2 aromatic rings. The van der Waals surface area contributed by atoms with Gasteiger partial charge in [-0.05, 0) is 43.2 Å². The summed E-state index contributed by atoms with van der Waals surface area (Å²) in [6.07, 6.45) is 3.76. The number of benzene rings is 1. The highest BCUT2D eigenvalue weighted by molar-refractivity contribution is 6.31. The molecule has 0 atom stereocenters. The Labute approximate surface area is 152 Å². The van der Waals surface area contributed by atoms with Crippen LogP contribution in [0.5, 0.6) is 11.5 Å². The van der Waals surface area contributed by atoms with Crippen LogP contribution in [0.3, 0.4) is 0 Å². The number of ether oxygens (including phenoxy) is 2. The van der Waals surface area contributed by atoms with Crippen LogP contribution >= 0.6 is 11.6 Å². The largest absolute Gasteiger partial charge is 0.497 e. The van der Waals surface area contributed by atoms with E-state index in [2.05, 4.69) is 10.4 Å². The number of aromatic nitrogens is 2. The standard InChI is InChI=1S/C18H22ClN3O3/c1-12-15(18(19)22(2)21-12)6-8-17(23)20-10-9-13-11-14(24-3)5-7-16(13)25-4/h5-8,11H,9-10H2,1-4H3,(H,20,23)/b8-6+. The van der Waals surface area contributed by atoms with Crippen LogP contribution in [-0.4, -0.2) is 36.5 Å². The van der Waals surface area contributed by atoms with Crippen LogP contribution in [0.25, 0.3) is 6.08 Å². The van der Waals surface area contributed by atoms with Gasteiger partial charge in [0, 0.05) is 25.2 Å². The molecule has 1 aromatic carbocycles. The quantitative estimate of drug-likeness (QED) is 0.768. The van der Waals surface area contributed by atoms with Crippen molar-refractivity contribution in [3.8, 4) is 11.5 Å². The summed E-state index contributed by atoms with van der Waals surface area (Å²) in [6, 6.07) is 5.59. The molecule has 0 saturated heterocycles. The van der Waals surface area contributed by atoms with E-state index >= 15 is 0 Å². The fourth-order valence-corrected chi connectivity index (χ4v) is 2.69. The first-order valence-corrected chi connectivity index (χ1v) is 8.20. The van der Waals surface area contributed by atoms with E-state index in [9.17, 15) is 4.79 Å². The molecule has 134 valence electrons. The number of nitrogens with one attached hydrogen (secondary N) is 1. The van der Waals surface area contributed by atoms with Crippen LogP contribution in [0.2, 0.25) is 5.15 Å². The fourth-order valence-electron chi connectivity index (χ4n) is 2.45. The first kappa shape index (κ1) is 18.9. The average Bonchev–Trinajstić information content (AvgIpc) is 2.85. The number of amides is 1. The van der Waals surface area contributed by atoms with Gasteiger partial charge in [0.1, 0.15) is 16.7 Å². The van der Waals surface area contributed by atoms with Gasteiger partial charge in [-0.3, -0.25) is 9.48 Å². The molecule has 1 heterocycles. The second-order valence-corrected chi connectivity index (χ2v) is 5.82. The highest BCUT2D eigenvalue weighted by Gasteiger charge is 2.09. The summed E-state index contributed by atoms with van der Waals surface area (Å²) in [5, 5.41) is 7.55. The summed E-state index contributed by atoms with van der Waals surface area (Å²) >= 11 is 6.14. The van der Waals surface area contributed by atoms with Gasteiger partial charge < -0.3 is 14.8 Å². The summed E-state index contributed by atoms with van der Waals surface area (Å²) < 4.78 is 12.1. The molecule has 1 aromatic heterocycles. The Morgan fingerprint density at radius 1 is 1.36 bits per heavy atom. The Morgan fingerprint density at radius 2 is 2.12 bits per heavy atom. The number of rotatable bonds is 7. The number of methoxy groups -OCH3 is 2. The molecule has 7 heteroatoms. The first-order valence-electron chi connectivity index (χ1n) is 7.82. The molecule has 0 aliphatic carbocycles. The van der Waals surface area contributed by atoms with Crippen molar-refractivity contribution in [3.05, 3.63) is 46.2 Å². The maximum atomic E-state index is 12.0. The van der Waals surface area contributed by atoms with Crippen LogP contribution in [-0.2, 0) is 18.3 Å². The molecule has 0 radical (unpaired) electrons. The fraction of sp³-hybridized carbons (Fsp3) is 0.333. The van der Waals surface area contributed by atoms with E-state index in [0.717, 1.165) is 28.3 Å². The lowest BCUT2D eigenvalue weighted by Gasteiger charge is -2.10. The summed E-state index contributed by atoms with van der Waals surface area (Å²) in [6.45, 7) is 2.32. The zero-order valence-electron chi connectivity index (χ0n) is 14.8. The normalized spacial score (nSPS) is 10.9. The number of nitrogens with zero attached hydrogens (tertiary/aromatic N) is 2. The Bertz CT molecular complexity index is 784. The summed E-state index contributed by atoms with van der Waals surface area (Å²) in [5.41, 5.74) is 2.49. The van der Waals surface area contributed by atoms with Gasteiger partial charge in [-0.2, -0.15) is 5.10 Å². The predicted octanol–water partition coefficient (Wildman–Crippen LogP) is 2.77. The Balaban J connectivity index is 1.93. The molecule has 0 fully saturated rings. The minimum absolute atomic E-state index is 0.193. The van der Waals surface area contributed by atoms with E-state index in [1.807, 2.05) is 25.1 Å². The maximum absolute atomic E-state index is 12.0. The smallest absolute Gasteiger partial charge is 0.244 e. The molecular formula is C18H22ClN3O3. The SMILES string of the molecule is COc1ccc(OC)c(CCNC(=O)/C=C/c2c(C)nn(C)c2Cl)c1. The monoisotopic (exact) mass is 363 g/mol. The molecule has 0 aliphatic heterocycles. The second kappa shape index (κ2) is 8.58. The maximum Gasteiger partial charge on any atom is 0.244 e. The lowest BCUT2D eigenvalue weighted by molar-refractivity contribution is -0.116. The van der Waals surface area contributed by atoms with Gasteiger partial charge in [0.05, 0.1) is 19.9 Å². The molecule has 25 heavy (non-hydrogen) atoms. The summed E-state index contributed by atoms with van der Waals surface area (Å²) in [4.78, 5) is 12.0. The van der Waals surface area contributed by atoms with E-state index in [4.69, 9.17) is 21.1 Å². The topological polar surface area (TPSA) is 65.4 Å².